The molecule has 0 unspecified atom stereocenters. The number of nitrogens with two attached hydrogens (primary N) is 1. The highest BCUT2D eigenvalue weighted by Gasteiger charge is 2.06. The lowest BCUT2D eigenvalue weighted by atomic mass is 10.3. The highest BCUT2D eigenvalue weighted by Crippen LogP contribution is 2.22. The molecule has 1 heterocycles. The summed E-state index contributed by atoms with van der Waals surface area (Å²) in [6, 6.07) is 8.01. The number of guanidine groups is 1. The smallest absolute Gasteiger partial charge is 0.188 e. The third-order valence-electron chi connectivity index (χ3n) is 2.12. The molecule has 0 radical (unpaired) electrons. The summed E-state index contributed by atoms with van der Waals surface area (Å²) in [6.45, 7) is 0.592. The van der Waals surface area contributed by atoms with Crippen molar-refractivity contribution >= 4 is 39.9 Å². The topological polar surface area (TPSA) is 66.0 Å². The van der Waals surface area contributed by atoms with Crippen LogP contribution in [0.3, 0.4) is 0 Å². The van der Waals surface area contributed by atoms with Gasteiger partial charge in [0.1, 0.15) is 5.01 Å². The summed E-state index contributed by atoms with van der Waals surface area (Å²) in [5.41, 5.74) is 6.37. The maximum atomic E-state index is 7.26. The minimum Gasteiger partial charge on any atom is -0.370 e. The molecule has 0 bridgehead atoms. The first kappa shape index (κ1) is 12.7. The highest BCUT2D eigenvalue weighted by atomic mass is 35.5. The van der Waals surface area contributed by atoms with Crippen molar-refractivity contribution in [1.29, 1.82) is 5.41 Å². The van der Waals surface area contributed by atoms with Gasteiger partial charge in [-0.3, -0.25) is 5.41 Å². The first-order chi connectivity index (χ1) is 7.16. The van der Waals surface area contributed by atoms with Crippen LogP contribution in [0, 0.1) is 5.41 Å². The number of thiazole rings is 1. The third kappa shape index (κ3) is 2.62. The number of nitrogens with zero attached hydrogens (tertiary/aromatic N) is 2. The maximum Gasteiger partial charge on any atom is 0.188 e. The Bertz CT molecular complexity index is 463. The minimum absolute atomic E-state index is 0. The molecule has 2 rings (SSSR count). The first-order valence-corrected chi connectivity index (χ1v) is 5.38. The monoisotopic (exact) mass is 256 g/mol. The van der Waals surface area contributed by atoms with Gasteiger partial charge in [-0.25, -0.2) is 4.98 Å². The van der Waals surface area contributed by atoms with E-state index in [1.807, 2.05) is 24.3 Å². The molecule has 0 aliphatic rings. The minimum atomic E-state index is 0. The van der Waals surface area contributed by atoms with Crippen LogP contribution in [0.1, 0.15) is 5.01 Å². The first-order valence-electron chi connectivity index (χ1n) is 4.56. The number of para-hydroxylation sites is 1. The van der Waals surface area contributed by atoms with Gasteiger partial charge in [0.05, 0.1) is 16.8 Å². The predicted octanol–water partition coefficient (Wildman–Crippen LogP) is 2.04. The molecular weight excluding hydrogens is 244 g/mol. The predicted molar refractivity (Wildman–Crippen MR) is 70.2 cm³/mol. The molecular formula is C10H13ClN4S. The summed E-state index contributed by atoms with van der Waals surface area (Å²) in [5.74, 6) is 0.0641. The number of hydrogen-bond donors (Lipinski definition) is 2. The molecule has 1 aromatic heterocycles. The molecule has 0 atom stereocenters. The Balaban J connectivity index is 0.00000128. The molecule has 16 heavy (non-hydrogen) atoms. The van der Waals surface area contributed by atoms with E-state index in [0.717, 1.165) is 10.5 Å². The van der Waals surface area contributed by atoms with Crippen molar-refractivity contribution in [3.63, 3.8) is 0 Å². The van der Waals surface area contributed by atoms with Crippen LogP contribution in [0.2, 0.25) is 0 Å². The summed E-state index contributed by atoms with van der Waals surface area (Å²) in [7, 11) is 1.79. The summed E-state index contributed by atoms with van der Waals surface area (Å²) in [5, 5.41) is 8.25. The number of nitrogens with one attached hydrogen (secondary N) is 1. The molecule has 0 aliphatic carbocycles. The fraction of sp³-hybridized carbons (Fsp3) is 0.200. The Hall–Kier alpha value is -1.33. The largest absolute Gasteiger partial charge is 0.370 e. The molecule has 86 valence electrons. The van der Waals surface area contributed by atoms with Crippen LogP contribution >= 0.6 is 23.7 Å². The van der Waals surface area contributed by atoms with E-state index in [1.165, 1.54) is 4.70 Å². The van der Waals surface area contributed by atoms with Crippen LogP contribution in [-0.4, -0.2) is 22.9 Å². The van der Waals surface area contributed by atoms with Gasteiger partial charge in [0.15, 0.2) is 5.96 Å². The second-order valence-corrected chi connectivity index (χ2v) is 4.43. The molecule has 2 aromatic rings. The van der Waals surface area contributed by atoms with Crippen molar-refractivity contribution in [1.82, 2.24) is 9.88 Å². The molecule has 0 saturated carbocycles. The van der Waals surface area contributed by atoms with Crippen molar-refractivity contribution in [3.05, 3.63) is 29.3 Å². The SMILES string of the molecule is CN(Cc1nc2ccccc2s1)C(=N)N.Cl. The standard InChI is InChI=1S/C10H12N4S.ClH/c1-14(10(11)12)6-9-13-7-4-2-3-5-8(7)15-9;/h2-5H,6H2,1H3,(H3,11,12);1H. The van der Waals surface area contributed by atoms with E-state index in [4.69, 9.17) is 11.1 Å². The number of hydrogen-bond acceptors (Lipinski definition) is 3. The number of aromatic nitrogens is 1. The normalized spacial score (nSPS) is 9.81. The van der Waals surface area contributed by atoms with Crippen molar-refractivity contribution < 1.29 is 0 Å². The lowest BCUT2D eigenvalue weighted by molar-refractivity contribution is 0.490. The highest BCUT2D eigenvalue weighted by molar-refractivity contribution is 7.18. The second-order valence-electron chi connectivity index (χ2n) is 3.32. The van der Waals surface area contributed by atoms with Crippen LogP contribution in [0.25, 0.3) is 10.2 Å². The summed E-state index contributed by atoms with van der Waals surface area (Å²) in [4.78, 5) is 6.12. The van der Waals surface area contributed by atoms with E-state index in [1.54, 1.807) is 23.3 Å². The molecule has 6 heteroatoms. The number of rotatable bonds is 2. The van der Waals surface area contributed by atoms with E-state index in [9.17, 15) is 0 Å². The molecule has 1 aromatic carbocycles. The number of benzene rings is 1. The van der Waals surface area contributed by atoms with Gasteiger partial charge in [0.25, 0.3) is 0 Å². The van der Waals surface area contributed by atoms with Crippen LogP contribution in [0.15, 0.2) is 24.3 Å². The lowest BCUT2D eigenvalue weighted by Gasteiger charge is -2.13. The Morgan fingerprint density at radius 1 is 1.50 bits per heavy atom. The van der Waals surface area contributed by atoms with Gasteiger partial charge in [-0.2, -0.15) is 0 Å². The zero-order valence-electron chi connectivity index (χ0n) is 8.80. The quantitative estimate of drug-likeness (QED) is 0.638. The van der Waals surface area contributed by atoms with Gasteiger partial charge in [0.2, 0.25) is 0 Å². The van der Waals surface area contributed by atoms with E-state index < -0.39 is 0 Å². The van der Waals surface area contributed by atoms with Crippen LogP contribution < -0.4 is 5.73 Å². The van der Waals surface area contributed by atoms with Crippen LogP contribution in [0.5, 0.6) is 0 Å². The van der Waals surface area contributed by atoms with Crippen molar-refractivity contribution in [3.8, 4) is 0 Å². The average Bonchev–Trinajstić information content (AvgIpc) is 2.59. The van der Waals surface area contributed by atoms with Crippen molar-refractivity contribution in [2.75, 3.05) is 7.05 Å². The van der Waals surface area contributed by atoms with E-state index in [2.05, 4.69) is 4.98 Å². The molecule has 0 aliphatic heterocycles. The molecule has 0 spiro atoms. The Kier molecular flexibility index (Phi) is 4.09. The van der Waals surface area contributed by atoms with Gasteiger partial charge in [-0.05, 0) is 12.1 Å². The molecule has 0 amide bonds. The van der Waals surface area contributed by atoms with Gasteiger partial charge in [0, 0.05) is 7.05 Å². The van der Waals surface area contributed by atoms with Crippen molar-refractivity contribution in [2.45, 2.75) is 6.54 Å². The fourth-order valence-corrected chi connectivity index (χ4v) is 2.30. The summed E-state index contributed by atoms with van der Waals surface area (Å²) >= 11 is 1.64. The summed E-state index contributed by atoms with van der Waals surface area (Å²) in [6.07, 6.45) is 0. The number of halogens is 1. The van der Waals surface area contributed by atoms with Crippen molar-refractivity contribution in [2.24, 2.45) is 5.73 Å². The zero-order chi connectivity index (χ0) is 10.8. The van der Waals surface area contributed by atoms with Gasteiger partial charge in [-0.1, -0.05) is 12.1 Å². The second kappa shape index (κ2) is 5.14. The molecule has 3 N–H and O–H groups in total. The molecule has 0 saturated heterocycles. The lowest BCUT2D eigenvalue weighted by Crippen LogP contribution is -2.32. The van der Waals surface area contributed by atoms with E-state index in [0.29, 0.717) is 6.54 Å². The maximum absolute atomic E-state index is 7.26. The van der Waals surface area contributed by atoms with Crippen LogP contribution in [-0.2, 0) is 6.54 Å². The Morgan fingerprint density at radius 2 is 2.19 bits per heavy atom. The summed E-state index contributed by atoms with van der Waals surface area (Å²) < 4.78 is 1.17. The Morgan fingerprint density at radius 3 is 2.81 bits per heavy atom. The van der Waals surface area contributed by atoms with Gasteiger partial charge in [-0.15, -0.1) is 23.7 Å². The third-order valence-corrected chi connectivity index (χ3v) is 3.14. The van der Waals surface area contributed by atoms with Gasteiger partial charge >= 0.3 is 0 Å². The van der Waals surface area contributed by atoms with Crippen LogP contribution in [0.4, 0.5) is 0 Å². The average molecular weight is 257 g/mol. The molecule has 0 fully saturated rings. The Labute approximate surface area is 104 Å². The zero-order valence-corrected chi connectivity index (χ0v) is 10.4. The van der Waals surface area contributed by atoms with E-state index in [-0.39, 0.29) is 18.4 Å². The number of fused-ring (bicyclic) bond motifs is 1. The van der Waals surface area contributed by atoms with E-state index >= 15 is 0 Å². The fourth-order valence-electron chi connectivity index (χ4n) is 1.28. The van der Waals surface area contributed by atoms with Gasteiger partial charge < -0.3 is 10.6 Å². The molecule has 4 nitrogen and oxygen atoms in total.